The summed E-state index contributed by atoms with van der Waals surface area (Å²) in [4.78, 5) is 29.5. The summed E-state index contributed by atoms with van der Waals surface area (Å²) in [7, 11) is 0. The van der Waals surface area contributed by atoms with Crippen molar-refractivity contribution in [1.29, 1.82) is 0 Å². The summed E-state index contributed by atoms with van der Waals surface area (Å²) < 4.78 is 13.2. The van der Waals surface area contributed by atoms with Crippen LogP contribution in [0.4, 0.5) is 0 Å². The molecule has 3 rings (SSSR count). The minimum Gasteiger partial charge on any atom is -0.494 e. The number of hydrogen-bond donors (Lipinski definition) is 0. The first-order valence-corrected chi connectivity index (χ1v) is 9.91. The molecule has 1 heterocycles. The van der Waals surface area contributed by atoms with E-state index < -0.39 is 0 Å². The summed E-state index contributed by atoms with van der Waals surface area (Å²) in [5.41, 5.74) is 2.41. The zero-order valence-corrected chi connectivity index (χ0v) is 16.9. The molecule has 6 nitrogen and oxygen atoms in total. The van der Waals surface area contributed by atoms with Crippen molar-refractivity contribution in [2.24, 2.45) is 4.99 Å². The largest absolute Gasteiger partial charge is 0.494 e. The lowest BCUT2D eigenvalue weighted by Crippen LogP contribution is -2.23. The number of nitrogens with zero attached hydrogens (tertiary/aromatic N) is 2. The predicted octanol–water partition coefficient (Wildman–Crippen LogP) is 3.71. The molecule has 0 spiro atoms. The quantitative estimate of drug-likeness (QED) is 0.594. The van der Waals surface area contributed by atoms with Crippen molar-refractivity contribution in [3.63, 3.8) is 0 Å². The average Bonchev–Trinajstić information content (AvgIpc) is 2.98. The molecule has 2 aromatic carbocycles. The van der Waals surface area contributed by atoms with Gasteiger partial charge >= 0.3 is 5.97 Å². The number of amides is 1. The molecule has 0 aliphatic heterocycles. The zero-order chi connectivity index (χ0) is 20.1. The fraction of sp³-hybridized carbons (Fsp3) is 0.286. The van der Waals surface area contributed by atoms with Crippen molar-refractivity contribution in [2.75, 3.05) is 13.2 Å². The molecule has 0 N–H and O–H groups in total. The van der Waals surface area contributed by atoms with Crippen molar-refractivity contribution < 1.29 is 19.1 Å². The van der Waals surface area contributed by atoms with Crippen LogP contribution in [0, 0.1) is 6.92 Å². The van der Waals surface area contributed by atoms with Gasteiger partial charge in [-0.2, -0.15) is 4.99 Å². The third-order valence-electron chi connectivity index (χ3n) is 4.04. The standard InChI is InChI=1S/C21H22N2O4S/c1-4-26-16-9-7-15(8-10-16)20(25)22-21-23(13-19(24)27-5-2)17-11-6-14(3)12-18(17)28-21/h6-12H,4-5,13H2,1-3H3. The van der Waals surface area contributed by atoms with Crippen molar-refractivity contribution >= 4 is 33.4 Å². The number of carbonyl (C=O) groups excluding carboxylic acids is 2. The number of thiazole rings is 1. The lowest BCUT2D eigenvalue weighted by atomic mass is 10.2. The molecule has 1 aromatic heterocycles. The molecule has 3 aromatic rings. The van der Waals surface area contributed by atoms with E-state index in [1.54, 1.807) is 35.8 Å². The lowest BCUT2D eigenvalue weighted by Gasteiger charge is -2.05. The molecule has 1 amide bonds. The molecule has 0 aliphatic carbocycles. The van der Waals surface area contributed by atoms with Gasteiger partial charge < -0.3 is 14.0 Å². The van der Waals surface area contributed by atoms with Crippen molar-refractivity contribution in [3.8, 4) is 5.75 Å². The number of carbonyl (C=O) groups is 2. The van der Waals surface area contributed by atoms with E-state index in [1.807, 2.05) is 32.0 Å². The van der Waals surface area contributed by atoms with E-state index >= 15 is 0 Å². The molecular formula is C21H22N2O4S. The van der Waals surface area contributed by atoms with Gasteiger partial charge in [0.2, 0.25) is 0 Å². The first-order chi connectivity index (χ1) is 13.5. The first kappa shape index (κ1) is 19.8. The van der Waals surface area contributed by atoms with Crippen LogP contribution < -0.4 is 9.54 Å². The van der Waals surface area contributed by atoms with Crippen molar-refractivity contribution in [1.82, 2.24) is 4.57 Å². The molecule has 0 radical (unpaired) electrons. The molecule has 0 bridgehead atoms. The molecule has 7 heteroatoms. The van der Waals surface area contributed by atoms with Gasteiger partial charge in [-0.15, -0.1) is 0 Å². The third-order valence-corrected chi connectivity index (χ3v) is 5.08. The summed E-state index contributed by atoms with van der Waals surface area (Å²) in [6, 6.07) is 12.8. The van der Waals surface area contributed by atoms with E-state index in [0.717, 1.165) is 15.8 Å². The highest BCUT2D eigenvalue weighted by Crippen LogP contribution is 2.19. The van der Waals surface area contributed by atoms with Gasteiger partial charge in [0.1, 0.15) is 12.3 Å². The minimum atomic E-state index is -0.371. The Hall–Kier alpha value is -2.93. The minimum absolute atomic E-state index is 0.00624. The molecule has 0 atom stereocenters. The number of hydrogen-bond acceptors (Lipinski definition) is 5. The van der Waals surface area contributed by atoms with Crippen LogP contribution in [-0.4, -0.2) is 29.7 Å². The number of esters is 1. The van der Waals surface area contributed by atoms with Gasteiger partial charge in [-0.05, 0) is 62.7 Å². The number of rotatable bonds is 6. The van der Waals surface area contributed by atoms with Crippen molar-refractivity contribution in [2.45, 2.75) is 27.3 Å². The Morgan fingerprint density at radius 3 is 2.50 bits per heavy atom. The number of fused-ring (bicyclic) bond motifs is 1. The van der Waals surface area contributed by atoms with E-state index in [1.165, 1.54) is 11.3 Å². The maximum atomic E-state index is 12.7. The molecule has 28 heavy (non-hydrogen) atoms. The highest BCUT2D eigenvalue weighted by molar-refractivity contribution is 7.16. The molecule has 0 saturated carbocycles. The average molecular weight is 398 g/mol. The fourth-order valence-corrected chi connectivity index (χ4v) is 3.89. The Morgan fingerprint density at radius 2 is 1.82 bits per heavy atom. The molecule has 0 unspecified atom stereocenters. The predicted molar refractivity (Wildman–Crippen MR) is 109 cm³/mol. The normalized spacial score (nSPS) is 11.6. The monoisotopic (exact) mass is 398 g/mol. The molecular weight excluding hydrogens is 376 g/mol. The fourth-order valence-electron chi connectivity index (χ4n) is 2.77. The highest BCUT2D eigenvalue weighted by atomic mass is 32.1. The van der Waals surface area contributed by atoms with Crippen LogP contribution in [0.3, 0.4) is 0 Å². The molecule has 0 aliphatic rings. The topological polar surface area (TPSA) is 69.9 Å². The second-order valence-corrected chi connectivity index (χ2v) is 7.13. The number of aromatic nitrogens is 1. The molecule has 146 valence electrons. The highest BCUT2D eigenvalue weighted by Gasteiger charge is 2.13. The van der Waals surface area contributed by atoms with Gasteiger partial charge in [-0.25, -0.2) is 0 Å². The van der Waals surface area contributed by atoms with Gasteiger partial charge in [0.05, 0.1) is 23.4 Å². The van der Waals surface area contributed by atoms with Crippen LogP contribution in [0.25, 0.3) is 10.2 Å². The SMILES string of the molecule is CCOC(=O)Cn1c(=NC(=O)c2ccc(OCC)cc2)sc2cc(C)ccc21. The summed E-state index contributed by atoms with van der Waals surface area (Å²) in [6.07, 6.45) is 0. The van der Waals surface area contributed by atoms with Gasteiger partial charge in [-0.3, -0.25) is 9.59 Å². The maximum Gasteiger partial charge on any atom is 0.326 e. The van der Waals surface area contributed by atoms with E-state index in [-0.39, 0.29) is 18.4 Å². The van der Waals surface area contributed by atoms with Crippen LogP contribution in [0.5, 0.6) is 5.75 Å². The summed E-state index contributed by atoms with van der Waals surface area (Å²) in [5.74, 6) is -0.0320. The summed E-state index contributed by atoms with van der Waals surface area (Å²) >= 11 is 1.38. The molecule has 0 fully saturated rings. The smallest absolute Gasteiger partial charge is 0.326 e. The number of ether oxygens (including phenoxy) is 2. The van der Waals surface area contributed by atoms with E-state index in [2.05, 4.69) is 4.99 Å². The van der Waals surface area contributed by atoms with Crippen molar-refractivity contribution in [3.05, 3.63) is 58.4 Å². The lowest BCUT2D eigenvalue weighted by molar-refractivity contribution is -0.143. The summed E-state index contributed by atoms with van der Waals surface area (Å²) in [5, 5.41) is 0. The van der Waals surface area contributed by atoms with Crippen LogP contribution in [0.15, 0.2) is 47.5 Å². The van der Waals surface area contributed by atoms with Crippen LogP contribution in [-0.2, 0) is 16.1 Å². The second-order valence-electron chi connectivity index (χ2n) is 6.12. The Kier molecular flexibility index (Phi) is 6.26. The Balaban J connectivity index is 2.02. The Bertz CT molecular complexity index is 1060. The van der Waals surface area contributed by atoms with Gasteiger partial charge in [0.25, 0.3) is 5.91 Å². The van der Waals surface area contributed by atoms with Gasteiger partial charge in [-0.1, -0.05) is 17.4 Å². The maximum absolute atomic E-state index is 12.7. The van der Waals surface area contributed by atoms with E-state index in [9.17, 15) is 9.59 Å². The summed E-state index contributed by atoms with van der Waals surface area (Å²) in [6.45, 7) is 6.53. The zero-order valence-electron chi connectivity index (χ0n) is 16.1. The third kappa shape index (κ3) is 4.48. The van der Waals surface area contributed by atoms with Gasteiger partial charge in [0.15, 0.2) is 4.80 Å². The van der Waals surface area contributed by atoms with E-state index in [4.69, 9.17) is 9.47 Å². The van der Waals surface area contributed by atoms with E-state index in [0.29, 0.717) is 29.3 Å². The van der Waals surface area contributed by atoms with Crippen LogP contribution >= 0.6 is 11.3 Å². The Morgan fingerprint density at radius 1 is 1.07 bits per heavy atom. The number of benzene rings is 2. The second kappa shape index (κ2) is 8.84. The Labute approximate surface area is 167 Å². The van der Waals surface area contributed by atoms with Crippen LogP contribution in [0.2, 0.25) is 0 Å². The first-order valence-electron chi connectivity index (χ1n) is 9.09. The van der Waals surface area contributed by atoms with Gasteiger partial charge in [0, 0.05) is 5.56 Å². The number of aryl methyl sites for hydroxylation is 1. The van der Waals surface area contributed by atoms with Crippen LogP contribution in [0.1, 0.15) is 29.8 Å². The molecule has 0 saturated heterocycles.